The number of aryl methyl sites for hydroxylation is 1. The van der Waals surface area contributed by atoms with Crippen molar-refractivity contribution in [2.45, 2.75) is 6.92 Å². The summed E-state index contributed by atoms with van der Waals surface area (Å²) in [5, 5.41) is 4.10. The van der Waals surface area contributed by atoms with Crippen LogP contribution < -0.4 is 10.2 Å². The van der Waals surface area contributed by atoms with Gasteiger partial charge in [-0.1, -0.05) is 35.3 Å². The Kier molecular flexibility index (Phi) is 6.66. The maximum atomic E-state index is 12.3. The highest BCUT2D eigenvalue weighted by atomic mass is 35.5. The van der Waals surface area contributed by atoms with Crippen molar-refractivity contribution in [3.63, 3.8) is 0 Å². The van der Waals surface area contributed by atoms with Crippen LogP contribution in [0.5, 0.6) is 0 Å². The first-order chi connectivity index (χ1) is 15.0. The van der Waals surface area contributed by atoms with Crippen LogP contribution in [0.15, 0.2) is 59.0 Å². The van der Waals surface area contributed by atoms with E-state index in [0.29, 0.717) is 40.5 Å². The van der Waals surface area contributed by atoms with Crippen LogP contribution in [0.25, 0.3) is 17.4 Å². The van der Waals surface area contributed by atoms with Gasteiger partial charge < -0.3 is 19.4 Å². The molecule has 7 heteroatoms. The molecule has 5 nitrogen and oxygen atoms in total. The Morgan fingerprint density at radius 3 is 2.58 bits per heavy atom. The van der Waals surface area contributed by atoms with Crippen molar-refractivity contribution in [2.24, 2.45) is 0 Å². The molecule has 31 heavy (non-hydrogen) atoms. The summed E-state index contributed by atoms with van der Waals surface area (Å²) < 4.78 is 11.2. The Hall–Kier alpha value is -2.73. The van der Waals surface area contributed by atoms with E-state index in [2.05, 4.69) is 10.2 Å². The third kappa shape index (κ3) is 5.31. The van der Waals surface area contributed by atoms with Gasteiger partial charge in [0.1, 0.15) is 11.5 Å². The molecule has 1 aliphatic heterocycles. The van der Waals surface area contributed by atoms with E-state index in [-0.39, 0.29) is 5.91 Å². The summed E-state index contributed by atoms with van der Waals surface area (Å²) >= 11 is 12.6. The molecule has 0 radical (unpaired) electrons. The minimum absolute atomic E-state index is 0.272. The average Bonchev–Trinajstić information content (AvgIpc) is 3.24. The number of benzene rings is 2. The van der Waals surface area contributed by atoms with Gasteiger partial charge in [0.2, 0.25) is 5.91 Å². The number of rotatable bonds is 5. The summed E-state index contributed by atoms with van der Waals surface area (Å²) in [6, 6.07) is 14.9. The van der Waals surface area contributed by atoms with Crippen molar-refractivity contribution >= 4 is 46.6 Å². The van der Waals surface area contributed by atoms with Crippen molar-refractivity contribution in [2.75, 3.05) is 36.5 Å². The maximum Gasteiger partial charge on any atom is 0.248 e. The molecule has 3 aromatic rings. The van der Waals surface area contributed by atoms with E-state index in [9.17, 15) is 4.79 Å². The van der Waals surface area contributed by atoms with Gasteiger partial charge in [-0.15, -0.1) is 0 Å². The van der Waals surface area contributed by atoms with Gasteiger partial charge in [0, 0.05) is 35.4 Å². The minimum Gasteiger partial charge on any atom is -0.457 e. The average molecular weight is 457 g/mol. The van der Waals surface area contributed by atoms with Crippen LogP contribution in [0.2, 0.25) is 10.0 Å². The number of hydrogen-bond acceptors (Lipinski definition) is 4. The number of hydrogen-bond donors (Lipinski definition) is 1. The number of carbonyl (C=O) groups excluding carboxylic acids is 1. The Morgan fingerprint density at radius 2 is 1.84 bits per heavy atom. The molecule has 1 N–H and O–H groups in total. The predicted octanol–water partition coefficient (Wildman–Crippen LogP) is 6.05. The largest absolute Gasteiger partial charge is 0.457 e. The van der Waals surface area contributed by atoms with E-state index < -0.39 is 0 Å². The smallest absolute Gasteiger partial charge is 0.248 e. The summed E-state index contributed by atoms with van der Waals surface area (Å²) in [6.45, 7) is 4.92. The summed E-state index contributed by atoms with van der Waals surface area (Å²) in [7, 11) is 0. The van der Waals surface area contributed by atoms with E-state index >= 15 is 0 Å². The number of halogens is 2. The summed E-state index contributed by atoms with van der Waals surface area (Å²) in [4.78, 5) is 14.5. The Labute approximate surface area is 191 Å². The Balaban J connectivity index is 1.39. The Morgan fingerprint density at radius 1 is 1.03 bits per heavy atom. The highest BCUT2D eigenvalue weighted by molar-refractivity contribution is 6.33. The van der Waals surface area contributed by atoms with Crippen molar-refractivity contribution in [3.05, 3.63) is 76.0 Å². The molecular weight excluding hydrogens is 435 g/mol. The fraction of sp³-hybridized carbons (Fsp3) is 0.208. The number of furan rings is 1. The van der Waals surface area contributed by atoms with E-state index in [4.69, 9.17) is 32.4 Å². The number of nitrogens with zero attached hydrogens (tertiary/aromatic N) is 1. The molecule has 0 bridgehead atoms. The predicted molar refractivity (Wildman–Crippen MR) is 126 cm³/mol. The molecule has 4 rings (SSSR count). The van der Waals surface area contributed by atoms with E-state index in [1.165, 1.54) is 6.08 Å². The zero-order valence-corrected chi connectivity index (χ0v) is 18.5. The molecule has 1 amide bonds. The van der Waals surface area contributed by atoms with Crippen LogP contribution in [0.4, 0.5) is 11.4 Å². The van der Waals surface area contributed by atoms with E-state index in [1.54, 1.807) is 18.2 Å². The molecule has 2 heterocycles. The first-order valence-electron chi connectivity index (χ1n) is 9.97. The van der Waals surface area contributed by atoms with E-state index in [1.807, 2.05) is 43.3 Å². The fourth-order valence-electron chi connectivity index (χ4n) is 3.33. The lowest BCUT2D eigenvalue weighted by molar-refractivity contribution is -0.111. The molecule has 0 unspecified atom stereocenters. The van der Waals surface area contributed by atoms with Gasteiger partial charge >= 0.3 is 0 Å². The number of carbonyl (C=O) groups is 1. The highest BCUT2D eigenvalue weighted by Crippen LogP contribution is 2.30. The zero-order valence-electron chi connectivity index (χ0n) is 17.0. The van der Waals surface area contributed by atoms with Crippen LogP contribution in [0.3, 0.4) is 0 Å². The van der Waals surface area contributed by atoms with Crippen LogP contribution in [0, 0.1) is 6.92 Å². The van der Waals surface area contributed by atoms with Crippen molar-refractivity contribution in [3.8, 4) is 11.3 Å². The molecule has 1 aliphatic rings. The molecule has 1 fully saturated rings. The maximum absolute atomic E-state index is 12.3. The molecule has 1 saturated heterocycles. The second-order valence-corrected chi connectivity index (χ2v) is 8.07. The molecular formula is C24H22Cl2N2O3. The normalized spacial score (nSPS) is 14.2. The molecule has 2 aromatic carbocycles. The molecule has 0 saturated carbocycles. The summed E-state index contributed by atoms with van der Waals surface area (Å²) in [5.41, 5.74) is 3.46. The third-order valence-electron chi connectivity index (χ3n) is 5.05. The fourth-order valence-corrected chi connectivity index (χ4v) is 3.81. The summed E-state index contributed by atoms with van der Waals surface area (Å²) in [5.74, 6) is 0.988. The molecule has 1 aromatic heterocycles. The summed E-state index contributed by atoms with van der Waals surface area (Å²) in [6.07, 6.45) is 3.05. The number of ether oxygens (including phenoxy) is 1. The first kappa shape index (κ1) is 21.5. The van der Waals surface area contributed by atoms with Crippen LogP contribution in [-0.4, -0.2) is 32.2 Å². The number of nitrogens with one attached hydrogen (secondary N) is 1. The second kappa shape index (κ2) is 9.60. The van der Waals surface area contributed by atoms with E-state index in [0.717, 1.165) is 29.9 Å². The monoisotopic (exact) mass is 456 g/mol. The van der Waals surface area contributed by atoms with Crippen LogP contribution in [0.1, 0.15) is 11.3 Å². The van der Waals surface area contributed by atoms with Gasteiger partial charge in [-0.25, -0.2) is 0 Å². The lowest BCUT2D eigenvalue weighted by Gasteiger charge is -2.29. The molecule has 0 aliphatic carbocycles. The third-order valence-corrected chi connectivity index (χ3v) is 5.76. The standard InChI is InChI=1S/C24H22Cl2N2O3/c1-16-2-3-17(14-20(16)25)23-8-5-19(31-23)6-9-24(29)27-18-4-7-22(21(26)15-18)28-10-12-30-13-11-28/h2-9,14-15H,10-13H2,1H3,(H,27,29)/b9-6+. The van der Waals surface area contributed by atoms with Gasteiger partial charge in [0.15, 0.2) is 0 Å². The van der Waals surface area contributed by atoms with Crippen molar-refractivity contribution < 1.29 is 13.9 Å². The highest BCUT2D eigenvalue weighted by Gasteiger charge is 2.14. The van der Waals surface area contributed by atoms with Crippen LogP contribution in [-0.2, 0) is 9.53 Å². The molecule has 160 valence electrons. The topological polar surface area (TPSA) is 54.7 Å². The Bertz CT molecular complexity index is 1120. The minimum atomic E-state index is -0.272. The van der Waals surface area contributed by atoms with Crippen molar-refractivity contribution in [1.29, 1.82) is 0 Å². The number of morpholine rings is 1. The number of anilines is 2. The second-order valence-electron chi connectivity index (χ2n) is 7.25. The lowest BCUT2D eigenvalue weighted by Crippen LogP contribution is -2.36. The first-order valence-corrected chi connectivity index (χ1v) is 10.7. The SMILES string of the molecule is Cc1ccc(-c2ccc(/C=C/C(=O)Nc3ccc(N4CCOCC4)c(Cl)c3)o2)cc1Cl. The van der Waals surface area contributed by atoms with Gasteiger partial charge in [0.05, 0.1) is 23.9 Å². The lowest BCUT2D eigenvalue weighted by atomic mass is 10.1. The molecule has 0 atom stereocenters. The van der Waals surface area contributed by atoms with Gasteiger partial charge in [-0.2, -0.15) is 0 Å². The zero-order chi connectivity index (χ0) is 21.8. The van der Waals surface area contributed by atoms with Gasteiger partial charge in [-0.05, 0) is 55.0 Å². The van der Waals surface area contributed by atoms with Gasteiger partial charge in [-0.3, -0.25) is 4.79 Å². The van der Waals surface area contributed by atoms with Crippen molar-refractivity contribution in [1.82, 2.24) is 0 Å². The quantitative estimate of drug-likeness (QED) is 0.474. The van der Waals surface area contributed by atoms with Crippen LogP contribution >= 0.6 is 23.2 Å². The number of amides is 1. The van der Waals surface area contributed by atoms with Gasteiger partial charge in [0.25, 0.3) is 0 Å². The molecule has 0 spiro atoms.